The molecule has 1 aliphatic heterocycles. The number of thioether (sulfide) groups is 1. The molecule has 1 aromatic rings. The van der Waals surface area contributed by atoms with Crippen molar-refractivity contribution in [3.8, 4) is 0 Å². The molecule has 0 aromatic heterocycles. The third-order valence-corrected chi connectivity index (χ3v) is 4.88. The summed E-state index contributed by atoms with van der Waals surface area (Å²) in [4.78, 5) is 15.4. The molecule has 1 amide bonds. The maximum absolute atomic E-state index is 12.2. The molecule has 0 aliphatic carbocycles. The lowest BCUT2D eigenvalue weighted by Gasteiger charge is -2.35. The molecule has 0 saturated carbocycles. The fraction of sp³-hybridized carbons (Fsp3) is 0.533. The Morgan fingerprint density at radius 1 is 1.33 bits per heavy atom. The van der Waals surface area contributed by atoms with E-state index < -0.39 is 0 Å². The zero-order valence-electron chi connectivity index (χ0n) is 12.0. The van der Waals surface area contributed by atoms with Crippen LogP contribution in [0.3, 0.4) is 0 Å². The molecule has 2 rings (SSSR count). The first-order valence-electron chi connectivity index (χ1n) is 7.08. The van der Waals surface area contributed by atoms with Crippen LogP contribution in [0, 0.1) is 0 Å². The molecule has 1 aromatic carbocycles. The highest BCUT2D eigenvalue weighted by Crippen LogP contribution is 2.22. The number of halogens is 2. The molecule has 21 heavy (non-hydrogen) atoms. The number of nitrogens with zero attached hydrogens (tertiary/aromatic N) is 1. The Morgan fingerprint density at radius 2 is 2.05 bits per heavy atom. The van der Waals surface area contributed by atoms with E-state index >= 15 is 0 Å². The van der Waals surface area contributed by atoms with Crippen molar-refractivity contribution >= 4 is 41.7 Å². The van der Waals surface area contributed by atoms with Gasteiger partial charge in [-0.2, -0.15) is 0 Å². The first-order valence-corrected chi connectivity index (χ1v) is 8.45. The summed E-state index contributed by atoms with van der Waals surface area (Å²) < 4.78 is 0. The van der Waals surface area contributed by atoms with Crippen molar-refractivity contribution < 1.29 is 4.79 Å². The third kappa shape index (κ3) is 5.70. The Bertz CT molecular complexity index is 442. The number of hydrogen-bond donors (Lipinski definition) is 1. The Labute approximate surface area is 142 Å². The van der Waals surface area contributed by atoms with Gasteiger partial charge in [-0.05, 0) is 43.5 Å². The number of piperidine rings is 1. The zero-order chi connectivity index (χ0) is 14.4. The number of rotatable bonds is 5. The second kappa shape index (κ2) is 9.57. The van der Waals surface area contributed by atoms with Gasteiger partial charge in [0.1, 0.15) is 0 Å². The Balaban J connectivity index is 0.00000220. The van der Waals surface area contributed by atoms with Crippen molar-refractivity contribution in [3.63, 3.8) is 0 Å². The van der Waals surface area contributed by atoms with E-state index in [1.807, 2.05) is 29.2 Å². The summed E-state index contributed by atoms with van der Waals surface area (Å²) in [7, 11) is 0. The minimum absolute atomic E-state index is 0. The van der Waals surface area contributed by atoms with Crippen LogP contribution in [0.15, 0.2) is 29.2 Å². The first kappa shape index (κ1) is 18.6. The highest BCUT2D eigenvalue weighted by Gasteiger charge is 2.24. The molecule has 0 radical (unpaired) electrons. The summed E-state index contributed by atoms with van der Waals surface area (Å²) in [6, 6.07) is 7.97. The highest BCUT2D eigenvalue weighted by molar-refractivity contribution is 7.99. The molecule has 1 unspecified atom stereocenters. The summed E-state index contributed by atoms with van der Waals surface area (Å²) in [5.74, 6) is 1.04. The van der Waals surface area contributed by atoms with Gasteiger partial charge < -0.3 is 10.6 Å². The third-order valence-electron chi connectivity index (χ3n) is 3.62. The number of amides is 1. The van der Waals surface area contributed by atoms with Crippen LogP contribution in [0.2, 0.25) is 5.02 Å². The number of hydrogen-bond acceptors (Lipinski definition) is 3. The molecule has 1 heterocycles. The minimum atomic E-state index is 0. The number of likely N-dealkylation sites (tertiary alicyclic amines) is 1. The predicted molar refractivity (Wildman–Crippen MR) is 92.4 cm³/mol. The van der Waals surface area contributed by atoms with Crippen molar-refractivity contribution in [2.75, 3.05) is 18.8 Å². The van der Waals surface area contributed by atoms with E-state index in [1.54, 1.807) is 11.8 Å². The minimum Gasteiger partial charge on any atom is -0.338 e. The summed E-state index contributed by atoms with van der Waals surface area (Å²) >= 11 is 7.54. The summed E-state index contributed by atoms with van der Waals surface area (Å²) in [6.45, 7) is 1.45. The van der Waals surface area contributed by atoms with E-state index in [2.05, 4.69) is 0 Å². The lowest BCUT2D eigenvalue weighted by atomic mass is 10.0. The molecule has 2 N–H and O–H groups in total. The fourth-order valence-electron chi connectivity index (χ4n) is 2.50. The first-order chi connectivity index (χ1) is 9.70. The molecule has 1 atom stereocenters. The topological polar surface area (TPSA) is 46.3 Å². The summed E-state index contributed by atoms with van der Waals surface area (Å²) in [6.07, 6.45) is 3.91. The van der Waals surface area contributed by atoms with Crippen LogP contribution in [0.25, 0.3) is 0 Å². The largest absolute Gasteiger partial charge is 0.338 e. The van der Waals surface area contributed by atoms with Gasteiger partial charge in [-0.25, -0.2) is 0 Å². The van der Waals surface area contributed by atoms with E-state index in [-0.39, 0.29) is 24.4 Å². The van der Waals surface area contributed by atoms with E-state index in [1.165, 1.54) is 6.42 Å². The molecule has 1 fully saturated rings. The van der Waals surface area contributed by atoms with Crippen molar-refractivity contribution in [2.45, 2.75) is 36.6 Å². The maximum Gasteiger partial charge on any atom is 0.223 e. The van der Waals surface area contributed by atoms with Gasteiger partial charge in [0.2, 0.25) is 5.91 Å². The van der Waals surface area contributed by atoms with Gasteiger partial charge >= 0.3 is 0 Å². The van der Waals surface area contributed by atoms with Crippen LogP contribution < -0.4 is 5.73 Å². The van der Waals surface area contributed by atoms with E-state index in [0.29, 0.717) is 13.0 Å². The Morgan fingerprint density at radius 3 is 2.71 bits per heavy atom. The number of carbonyl (C=O) groups excluding carboxylic acids is 1. The molecular formula is C15H22Cl2N2OS. The van der Waals surface area contributed by atoms with Crippen molar-refractivity contribution in [1.82, 2.24) is 4.90 Å². The average molecular weight is 349 g/mol. The summed E-state index contributed by atoms with van der Waals surface area (Å²) in [5.41, 5.74) is 5.75. The normalized spacial score (nSPS) is 18.2. The van der Waals surface area contributed by atoms with Gasteiger partial charge in [-0.3, -0.25) is 4.79 Å². The van der Waals surface area contributed by atoms with E-state index in [0.717, 1.165) is 35.1 Å². The molecule has 1 saturated heterocycles. The molecule has 3 nitrogen and oxygen atoms in total. The van der Waals surface area contributed by atoms with Crippen molar-refractivity contribution in [2.24, 2.45) is 5.73 Å². The van der Waals surface area contributed by atoms with Crippen LogP contribution in [-0.2, 0) is 4.79 Å². The Hall–Kier alpha value is -0.420. The van der Waals surface area contributed by atoms with Gasteiger partial charge in [0.25, 0.3) is 0 Å². The molecular weight excluding hydrogens is 327 g/mol. The molecule has 118 valence electrons. The van der Waals surface area contributed by atoms with Gasteiger partial charge in [0.15, 0.2) is 0 Å². The lowest BCUT2D eigenvalue weighted by Crippen LogP contribution is -2.47. The van der Waals surface area contributed by atoms with Gasteiger partial charge in [-0.15, -0.1) is 24.2 Å². The quantitative estimate of drug-likeness (QED) is 0.827. The van der Waals surface area contributed by atoms with Gasteiger partial charge in [0, 0.05) is 41.2 Å². The highest BCUT2D eigenvalue weighted by atomic mass is 35.5. The standard InChI is InChI=1S/C15H21ClN2OS.ClH/c16-12-4-6-14(7-5-12)20-10-8-15(19)18-9-2-1-3-13(18)11-17;/h4-7,13H,1-3,8-11,17H2;1H. The molecule has 0 spiro atoms. The molecule has 0 bridgehead atoms. The maximum atomic E-state index is 12.2. The SMILES string of the molecule is Cl.NCC1CCCCN1C(=O)CCSc1ccc(Cl)cc1. The second-order valence-corrected chi connectivity index (χ2v) is 6.63. The second-order valence-electron chi connectivity index (χ2n) is 5.02. The molecule has 6 heteroatoms. The van der Waals surface area contributed by atoms with E-state index in [4.69, 9.17) is 17.3 Å². The van der Waals surface area contributed by atoms with Crippen molar-refractivity contribution in [1.29, 1.82) is 0 Å². The van der Waals surface area contributed by atoms with Gasteiger partial charge in [-0.1, -0.05) is 11.6 Å². The monoisotopic (exact) mass is 348 g/mol. The van der Waals surface area contributed by atoms with Crippen LogP contribution in [0.1, 0.15) is 25.7 Å². The van der Waals surface area contributed by atoms with Crippen LogP contribution in [-0.4, -0.2) is 35.7 Å². The van der Waals surface area contributed by atoms with Crippen molar-refractivity contribution in [3.05, 3.63) is 29.3 Å². The van der Waals surface area contributed by atoms with Gasteiger partial charge in [0.05, 0.1) is 0 Å². The van der Waals surface area contributed by atoms with E-state index in [9.17, 15) is 4.79 Å². The number of carbonyl (C=O) groups is 1. The lowest BCUT2D eigenvalue weighted by molar-refractivity contribution is -0.134. The fourth-order valence-corrected chi connectivity index (χ4v) is 3.47. The zero-order valence-corrected chi connectivity index (χ0v) is 14.4. The molecule has 1 aliphatic rings. The summed E-state index contributed by atoms with van der Waals surface area (Å²) in [5, 5.41) is 0.740. The Kier molecular flexibility index (Phi) is 8.49. The predicted octanol–water partition coefficient (Wildman–Crippen LogP) is 3.58. The average Bonchev–Trinajstić information content (AvgIpc) is 2.49. The van der Waals surface area contributed by atoms with Crippen LogP contribution in [0.5, 0.6) is 0 Å². The van der Waals surface area contributed by atoms with Crippen LogP contribution in [0.4, 0.5) is 0 Å². The number of nitrogens with two attached hydrogens (primary N) is 1. The van der Waals surface area contributed by atoms with Crippen LogP contribution >= 0.6 is 35.8 Å². The number of benzene rings is 1. The smallest absolute Gasteiger partial charge is 0.223 e.